The predicted molar refractivity (Wildman–Crippen MR) is 120 cm³/mol. The molecule has 0 saturated carbocycles. The number of nitrogens with zero attached hydrogens (tertiary/aromatic N) is 2. The highest BCUT2D eigenvalue weighted by molar-refractivity contribution is 7.92. The maximum Gasteiger partial charge on any atom is 0.264 e. The lowest BCUT2D eigenvalue weighted by Gasteiger charge is -2.23. The van der Waals surface area contributed by atoms with Crippen molar-refractivity contribution in [3.8, 4) is 0 Å². The zero-order valence-electron chi connectivity index (χ0n) is 15.6. The molecule has 1 N–H and O–H groups in total. The highest BCUT2D eigenvalue weighted by atomic mass is 35.5. The van der Waals surface area contributed by atoms with Crippen molar-refractivity contribution in [2.75, 3.05) is 10.8 Å². The van der Waals surface area contributed by atoms with Gasteiger partial charge in [-0.1, -0.05) is 53.5 Å². The molecule has 0 aliphatic rings. The average molecular weight is 462 g/mol. The number of benzene rings is 3. The van der Waals surface area contributed by atoms with Crippen LogP contribution in [0.25, 0.3) is 0 Å². The summed E-state index contributed by atoms with van der Waals surface area (Å²) in [5.74, 6) is -0.609. The molecule has 0 bridgehead atoms. The van der Waals surface area contributed by atoms with E-state index in [1.807, 2.05) is 0 Å². The number of anilines is 1. The van der Waals surface area contributed by atoms with Crippen LogP contribution in [-0.4, -0.2) is 27.1 Å². The summed E-state index contributed by atoms with van der Waals surface area (Å²) in [6.45, 7) is -0.467. The zero-order chi connectivity index (χ0) is 21.6. The summed E-state index contributed by atoms with van der Waals surface area (Å²) in [5, 5.41) is 4.86. The molecule has 0 saturated heterocycles. The van der Waals surface area contributed by atoms with E-state index in [2.05, 4.69) is 10.5 Å². The predicted octanol–water partition coefficient (Wildman–Crippen LogP) is 4.34. The standard InChI is InChI=1S/C21H17Cl2N3O3S/c22-17-9-11-19(12-10-17)26(30(28,29)20-7-2-1-3-8-20)15-21(27)25-24-14-16-5-4-6-18(23)13-16/h1-14H,15H2,(H,25,27)/b24-14+. The van der Waals surface area contributed by atoms with E-state index in [9.17, 15) is 13.2 Å². The van der Waals surface area contributed by atoms with Crippen molar-refractivity contribution < 1.29 is 13.2 Å². The van der Waals surface area contributed by atoms with Crippen LogP contribution in [0.2, 0.25) is 10.0 Å². The Kier molecular flexibility index (Phi) is 7.10. The molecule has 1 amide bonds. The molecule has 0 spiro atoms. The summed E-state index contributed by atoms with van der Waals surface area (Å²) in [6, 6.07) is 21.0. The smallest absolute Gasteiger partial charge is 0.264 e. The van der Waals surface area contributed by atoms with Crippen LogP contribution in [0, 0.1) is 0 Å². The van der Waals surface area contributed by atoms with Gasteiger partial charge in [0.25, 0.3) is 15.9 Å². The maximum atomic E-state index is 13.1. The van der Waals surface area contributed by atoms with Gasteiger partial charge in [0, 0.05) is 10.0 Å². The Morgan fingerprint density at radius 1 is 0.933 bits per heavy atom. The molecule has 0 aromatic heterocycles. The zero-order valence-corrected chi connectivity index (χ0v) is 17.9. The van der Waals surface area contributed by atoms with E-state index in [4.69, 9.17) is 23.2 Å². The largest absolute Gasteiger partial charge is 0.271 e. The number of rotatable bonds is 7. The summed E-state index contributed by atoms with van der Waals surface area (Å²) in [4.78, 5) is 12.5. The van der Waals surface area contributed by atoms with Crippen LogP contribution < -0.4 is 9.73 Å². The van der Waals surface area contributed by atoms with E-state index in [0.717, 1.165) is 4.31 Å². The van der Waals surface area contributed by atoms with Gasteiger partial charge in [0.15, 0.2) is 0 Å². The summed E-state index contributed by atoms with van der Waals surface area (Å²) in [5.41, 5.74) is 3.33. The molecule has 30 heavy (non-hydrogen) atoms. The Morgan fingerprint density at radius 2 is 1.63 bits per heavy atom. The summed E-state index contributed by atoms with van der Waals surface area (Å²) < 4.78 is 27.3. The fourth-order valence-electron chi connectivity index (χ4n) is 2.57. The molecule has 3 rings (SSSR count). The van der Waals surface area contributed by atoms with Gasteiger partial charge in [0.1, 0.15) is 6.54 Å². The van der Waals surface area contributed by atoms with Gasteiger partial charge in [-0.15, -0.1) is 0 Å². The van der Waals surface area contributed by atoms with Crippen molar-refractivity contribution >= 4 is 51.0 Å². The maximum absolute atomic E-state index is 13.1. The summed E-state index contributed by atoms with van der Waals surface area (Å²) in [7, 11) is -3.98. The number of hydrazone groups is 1. The average Bonchev–Trinajstić information content (AvgIpc) is 2.73. The third kappa shape index (κ3) is 5.60. The number of hydrogen-bond donors (Lipinski definition) is 1. The second-order valence-electron chi connectivity index (χ2n) is 6.15. The lowest BCUT2D eigenvalue weighted by molar-refractivity contribution is -0.119. The van der Waals surface area contributed by atoms with Crippen LogP contribution in [0.4, 0.5) is 5.69 Å². The third-order valence-electron chi connectivity index (χ3n) is 3.98. The van der Waals surface area contributed by atoms with Crippen LogP contribution in [0.3, 0.4) is 0 Å². The fraction of sp³-hybridized carbons (Fsp3) is 0.0476. The van der Waals surface area contributed by atoms with Crippen LogP contribution >= 0.6 is 23.2 Å². The molecule has 0 fully saturated rings. The number of carbonyl (C=O) groups is 1. The van der Waals surface area contributed by atoms with E-state index in [1.165, 1.54) is 30.5 Å². The summed E-state index contributed by atoms with van der Waals surface area (Å²) >= 11 is 11.8. The number of sulfonamides is 1. The molecule has 0 heterocycles. The molecule has 0 atom stereocenters. The van der Waals surface area contributed by atoms with Gasteiger partial charge in [-0.2, -0.15) is 5.10 Å². The normalized spacial score (nSPS) is 11.4. The number of carbonyl (C=O) groups excluding carboxylic acids is 1. The van der Waals surface area contributed by atoms with Gasteiger partial charge in [0.2, 0.25) is 0 Å². The van der Waals surface area contributed by atoms with Crippen LogP contribution in [0.1, 0.15) is 5.56 Å². The van der Waals surface area contributed by atoms with Gasteiger partial charge >= 0.3 is 0 Å². The highest BCUT2D eigenvalue weighted by Gasteiger charge is 2.27. The lowest BCUT2D eigenvalue weighted by atomic mass is 10.2. The second-order valence-corrected chi connectivity index (χ2v) is 8.88. The van der Waals surface area contributed by atoms with Crippen molar-refractivity contribution in [2.24, 2.45) is 5.10 Å². The minimum Gasteiger partial charge on any atom is -0.271 e. The first-order chi connectivity index (χ1) is 14.4. The first kappa shape index (κ1) is 21.8. The van der Waals surface area contributed by atoms with E-state index in [-0.39, 0.29) is 4.90 Å². The van der Waals surface area contributed by atoms with Crippen molar-refractivity contribution in [1.82, 2.24) is 5.43 Å². The first-order valence-electron chi connectivity index (χ1n) is 8.77. The molecule has 154 valence electrons. The van der Waals surface area contributed by atoms with E-state index in [0.29, 0.717) is 21.3 Å². The molecule has 9 heteroatoms. The second kappa shape index (κ2) is 9.75. The first-order valence-corrected chi connectivity index (χ1v) is 11.0. The van der Waals surface area contributed by atoms with Gasteiger partial charge < -0.3 is 0 Å². The minimum atomic E-state index is -3.98. The van der Waals surface area contributed by atoms with Gasteiger partial charge in [-0.25, -0.2) is 13.8 Å². The Labute approximate surface area is 184 Å². The highest BCUT2D eigenvalue weighted by Crippen LogP contribution is 2.25. The van der Waals surface area contributed by atoms with Crippen molar-refractivity contribution in [2.45, 2.75) is 4.90 Å². The number of amides is 1. The van der Waals surface area contributed by atoms with E-state index >= 15 is 0 Å². The molecule has 6 nitrogen and oxygen atoms in total. The monoisotopic (exact) mass is 461 g/mol. The van der Waals surface area contributed by atoms with Crippen molar-refractivity contribution in [3.63, 3.8) is 0 Å². The molecular formula is C21H17Cl2N3O3S. The Morgan fingerprint density at radius 3 is 2.30 bits per heavy atom. The molecule has 0 aliphatic heterocycles. The molecule has 0 aliphatic carbocycles. The van der Waals surface area contributed by atoms with Crippen LogP contribution in [0.15, 0.2) is 88.9 Å². The quantitative estimate of drug-likeness (QED) is 0.419. The SMILES string of the molecule is O=C(CN(c1ccc(Cl)cc1)S(=O)(=O)c1ccccc1)N/N=C/c1cccc(Cl)c1. The van der Waals surface area contributed by atoms with Crippen molar-refractivity contribution in [3.05, 3.63) is 94.5 Å². The topological polar surface area (TPSA) is 78.8 Å². The van der Waals surface area contributed by atoms with Crippen molar-refractivity contribution in [1.29, 1.82) is 0 Å². The van der Waals surface area contributed by atoms with E-state index < -0.39 is 22.5 Å². The fourth-order valence-corrected chi connectivity index (χ4v) is 4.34. The molecule has 0 radical (unpaired) electrons. The molecular weight excluding hydrogens is 445 g/mol. The van der Waals surface area contributed by atoms with Crippen LogP contribution in [0.5, 0.6) is 0 Å². The number of hydrogen-bond acceptors (Lipinski definition) is 4. The van der Waals surface area contributed by atoms with Gasteiger partial charge in [-0.3, -0.25) is 9.10 Å². The summed E-state index contributed by atoms with van der Waals surface area (Å²) in [6.07, 6.45) is 1.42. The third-order valence-corrected chi connectivity index (χ3v) is 6.26. The van der Waals surface area contributed by atoms with Gasteiger partial charge in [-0.05, 0) is 54.1 Å². The van der Waals surface area contributed by atoms with E-state index in [1.54, 1.807) is 54.6 Å². The Balaban J connectivity index is 1.82. The minimum absolute atomic E-state index is 0.0650. The lowest BCUT2D eigenvalue weighted by Crippen LogP contribution is -2.39. The molecule has 3 aromatic carbocycles. The Bertz CT molecular complexity index is 1150. The van der Waals surface area contributed by atoms with Crippen LogP contribution in [-0.2, 0) is 14.8 Å². The van der Waals surface area contributed by atoms with Gasteiger partial charge in [0.05, 0.1) is 16.8 Å². The molecule has 0 unspecified atom stereocenters. The Hall–Kier alpha value is -2.87. The number of halogens is 2. The molecule has 3 aromatic rings. The number of nitrogens with one attached hydrogen (secondary N) is 1.